The van der Waals surface area contributed by atoms with Crippen LogP contribution in [0, 0.1) is 6.92 Å². The summed E-state index contributed by atoms with van der Waals surface area (Å²) in [6.07, 6.45) is 0.890. The number of nitrogens with zero attached hydrogens (tertiary/aromatic N) is 3. The van der Waals surface area contributed by atoms with Gasteiger partial charge in [0.2, 0.25) is 0 Å². The second-order valence-corrected chi connectivity index (χ2v) is 7.20. The van der Waals surface area contributed by atoms with Crippen molar-refractivity contribution >= 4 is 27.7 Å². The molecule has 2 rings (SSSR count). The van der Waals surface area contributed by atoms with E-state index in [4.69, 9.17) is 5.84 Å². The van der Waals surface area contributed by atoms with E-state index in [9.17, 15) is 0 Å². The molecule has 0 saturated carbocycles. The number of thioether (sulfide) groups is 1. The van der Waals surface area contributed by atoms with Gasteiger partial charge in [-0.25, -0.2) is 0 Å². The molecule has 1 aliphatic heterocycles. The van der Waals surface area contributed by atoms with Crippen LogP contribution in [0.4, 0.5) is 0 Å². The second kappa shape index (κ2) is 7.26. The molecule has 5 nitrogen and oxygen atoms in total. The molecule has 1 aromatic heterocycles. The number of aryl methyl sites for hydroxylation is 2. The van der Waals surface area contributed by atoms with Crippen LogP contribution in [-0.4, -0.2) is 51.9 Å². The lowest BCUT2D eigenvalue weighted by Gasteiger charge is -2.37. The van der Waals surface area contributed by atoms with Gasteiger partial charge in [-0.05, 0) is 36.8 Å². The quantitative estimate of drug-likeness (QED) is 0.613. The Morgan fingerprint density at radius 1 is 1.60 bits per heavy atom. The molecule has 2 heterocycles. The zero-order valence-electron chi connectivity index (χ0n) is 12.4. The van der Waals surface area contributed by atoms with E-state index in [1.807, 2.05) is 18.7 Å². The first kappa shape index (κ1) is 16.3. The summed E-state index contributed by atoms with van der Waals surface area (Å²) in [6, 6.07) is 0.705. The number of halogens is 1. The van der Waals surface area contributed by atoms with Gasteiger partial charge in [-0.2, -0.15) is 16.9 Å². The maximum Gasteiger partial charge on any atom is 0.0738 e. The fraction of sp³-hybridized carbons (Fsp3) is 0.769. The minimum absolute atomic E-state index is 0.241. The van der Waals surface area contributed by atoms with Crippen LogP contribution in [0.1, 0.15) is 18.3 Å². The highest BCUT2D eigenvalue weighted by Crippen LogP contribution is 2.25. The highest BCUT2D eigenvalue weighted by molar-refractivity contribution is 9.10. The lowest BCUT2D eigenvalue weighted by atomic mass is 10.0. The third-order valence-electron chi connectivity index (χ3n) is 3.99. The number of hydrazine groups is 1. The van der Waals surface area contributed by atoms with Crippen LogP contribution in [0.5, 0.6) is 0 Å². The molecule has 1 fully saturated rings. The molecule has 1 aliphatic rings. The monoisotopic (exact) mass is 361 g/mol. The van der Waals surface area contributed by atoms with Gasteiger partial charge in [0.05, 0.1) is 15.9 Å². The molecule has 2 atom stereocenters. The van der Waals surface area contributed by atoms with Crippen LogP contribution < -0.4 is 11.3 Å². The van der Waals surface area contributed by atoms with Crippen LogP contribution in [0.25, 0.3) is 0 Å². The number of likely N-dealkylation sites (N-methyl/N-ethyl adjacent to an activating group) is 1. The van der Waals surface area contributed by atoms with Gasteiger partial charge < -0.3 is 4.90 Å². The summed E-state index contributed by atoms with van der Waals surface area (Å²) < 4.78 is 3.19. The summed E-state index contributed by atoms with van der Waals surface area (Å²) in [5.41, 5.74) is 5.30. The largest absolute Gasteiger partial charge is 0.300 e. The summed E-state index contributed by atoms with van der Waals surface area (Å²) in [6.45, 7) is 6.16. The zero-order chi connectivity index (χ0) is 14.7. The molecule has 0 bridgehead atoms. The van der Waals surface area contributed by atoms with E-state index in [0.29, 0.717) is 6.04 Å². The minimum Gasteiger partial charge on any atom is -0.300 e. The molecule has 0 amide bonds. The van der Waals surface area contributed by atoms with Crippen molar-refractivity contribution in [2.75, 3.05) is 25.1 Å². The van der Waals surface area contributed by atoms with Crippen molar-refractivity contribution in [2.45, 2.75) is 38.9 Å². The van der Waals surface area contributed by atoms with E-state index >= 15 is 0 Å². The van der Waals surface area contributed by atoms with Crippen molar-refractivity contribution in [3.63, 3.8) is 0 Å². The third kappa shape index (κ3) is 3.39. The lowest BCUT2D eigenvalue weighted by molar-refractivity contribution is 0.212. The van der Waals surface area contributed by atoms with Crippen molar-refractivity contribution in [3.05, 3.63) is 15.9 Å². The Morgan fingerprint density at radius 3 is 2.95 bits per heavy atom. The molecule has 1 aromatic rings. The van der Waals surface area contributed by atoms with Gasteiger partial charge in [0.15, 0.2) is 0 Å². The topological polar surface area (TPSA) is 59.1 Å². The molecule has 20 heavy (non-hydrogen) atoms. The highest BCUT2D eigenvalue weighted by atomic mass is 79.9. The first-order chi connectivity index (χ1) is 9.58. The van der Waals surface area contributed by atoms with E-state index in [-0.39, 0.29) is 6.04 Å². The van der Waals surface area contributed by atoms with E-state index in [2.05, 4.69) is 50.0 Å². The Labute approximate surface area is 133 Å². The molecule has 0 spiro atoms. The van der Waals surface area contributed by atoms with Gasteiger partial charge in [0.25, 0.3) is 0 Å². The third-order valence-corrected chi connectivity index (χ3v) is 6.07. The minimum atomic E-state index is 0.241. The summed E-state index contributed by atoms with van der Waals surface area (Å²) >= 11 is 5.68. The van der Waals surface area contributed by atoms with Gasteiger partial charge in [-0.3, -0.25) is 16.0 Å². The number of hydrogen-bond donors (Lipinski definition) is 2. The number of nitrogens with two attached hydrogens (primary N) is 1. The summed E-state index contributed by atoms with van der Waals surface area (Å²) in [5, 5.41) is 4.56. The van der Waals surface area contributed by atoms with Crippen molar-refractivity contribution in [1.29, 1.82) is 0 Å². The Bertz CT molecular complexity index is 450. The Balaban J connectivity index is 2.17. The van der Waals surface area contributed by atoms with Crippen molar-refractivity contribution in [3.8, 4) is 0 Å². The first-order valence-electron chi connectivity index (χ1n) is 7.04. The smallest absolute Gasteiger partial charge is 0.0738 e. The first-order valence-corrected chi connectivity index (χ1v) is 8.99. The van der Waals surface area contributed by atoms with Gasteiger partial charge in [-0.15, -0.1) is 0 Å². The van der Waals surface area contributed by atoms with Crippen LogP contribution in [-0.2, 0) is 13.0 Å². The number of aromatic nitrogens is 2. The van der Waals surface area contributed by atoms with Crippen molar-refractivity contribution in [2.24, 2.45) is 5.84 Å². The van der Waals surface area contributed by atoms with E-state index in [1.165, 1.54) is 11.4 Å². The molecule has 114 valence electrons. The predicted molar refractivity (Wildman–Crippen MR) is 88.9 cm³/mol. The molecule has 3 N–H and O–H groups in total. The van der Waals surface area contributed by atoms with Crippen LogP contribution >= 0.6 is 27.7 Å². The van der Waals surface area contributed by atoms with Gasteiger partial charge in [0.1, 0.15) is 0 Å². The Kier molecular flexibility index (Phi) is 5.92. The highest BCUT2D eigenvalue weighted by Gasteiger charge is 2.29. The fourth-order valence-corrected chi connectivity index (χ4v) is 4.47. The van der Waals surface area contributed by atoms with E-state index in [0.717, 1.165) is 35.4 Å². The zero-order valence-corrected chi connectivity index (χ0v) is 14.8. The van der Waals surface area contributed by atoms with Crippen LogP contribution in [0.2, 0.25) is 0 Å². The van der Waals surface area contributed by atoms with Crippen LogP contribution in [0.15, 0.2) is 4.47 Å². The molecule has 0 aliphatic carbocycles. The Morgan fingerprint density at radius 2 is 2.35 bits per heavy atom. The molecule has 2 unspecified atom stereocenters. The average molecular weight is 362 g/mol. The maximum absolute atomic E-state index is 5.83. The number of hydrogen-bond acceptors (Lipinski definition) is 5. The number of rotatable bonds is 5. The second-order valence-electron chi connectivity index (χ2n) is 5.26. The maximum atomic E-state index is 5.83. The molecule has 0 radical (unpaired) electrons. The molecule has 7 heteroatoms. The van der Waals surface area contributed by atoms with Gasteiger partial charge in [-0.1, -0.05) is 0 Å². The van der Waals surface area contributed by atoms with Gasteiger partial charge in [0, 0.05) is 43.1 Å². The van der Waals surface area contributed by atoms with E-state index < -0.39 is 0 Å². The predicted octanol–water partition coefficient (Wildman–Crippen LogP) is 1.40. The standard InChI is InChI=1S/C13H24BrN5S/c1-4-19-11(13(14)9(2)17-19)7-10(16-15)12-8-20-6-5-18(12)3/h10,12,16H,4-8,15H2,1-3H3. The molecule has 1 saturated heterocycles. The van der Waals surface area contributed by atoms with E-state index in [1.54, 1.807) is 0 Å². The Hall–Kier alpha value is -0.0800. The lowest BCUT2D eigenvalue weighted by Crippen LogP contribution is -2.55. The van der Waals surface area contributed by atoms with Crippen molar-refractivity contribution < 1.29 is 0 Å². The summed E-state index contributed by atoms with van der Waals surface area (Å²) in [5.74, 6) is 8.17. The van der Waals surface area contributed by atoms with Crippen molar-refractivity contribution in [1.82, 2.24) is 20.1 Å². The summed E-state index contributed by atoms with van der Waals surface area (Å²) in [7, 11) is 2.19. The molecular weight excluding hydrogens is 338 g/mol. The average Bonchev–Trinajstić information content (AvgIpc) is 2.73. The molecular formula is C13H24BrN5S. The normalized spacial score (nSPS) is 22.1. The van der Waals surface area contributed by atoms with Gasteiger partial charge >= 0.3 is 0 Å². The van der Waals surface area contributed by atoms with Crippen LogP contribution in [0.3, 0.4) is 0 Å². The fourth-order valence-electron chi connectivity index (χ4n) is 2.71. The number of nitrogens with one attached hydrogen (secondary N) is 1. The molecule has 0 aromatic carbocycles. The summed E-state index contributed by atoms with van der Waals surface area (Å²) in [4.78, 5) is 2.41. The SMILES string of the molecule is CCn1nc(C)c(Br)c1CC(NN)C1CSCCN1C.